The molecule has 1 atom stereocenters. The van der Waals surface area contributed by atoms with Crippen molar-refractivity contribution in [2.24, 2.45) is 0 Å². The maximum atomic E-state index is 13.6. The highest BCUT2D eigenvalue weighted by molar-refractivity contribution is 8.03. The molecule has 4 rings (SSSR count). The molecular weight excluding hydrogens is 484 g/mol. The first-order valence-electron chi connectivity index (χ1n) is 11.8. The van der Waals surface area contributed by atoms with Gasteiger partial charge in [-0.3, -0.25) is 9.59 Å². The molecule has 2 heterocycles. The summed E-state index contributed by atoms with van der Waals surface area (Å²) >= 11 is 1.22. The van der Waals surface area contributed by atoms with Gasteiger partial charge in [0.1, 0.15) is 5.76 Å². The number of benzene rings is 2. The Hall–Kier alpha value is -4.22. The molecule has 1 aliphatic heterocycles. The Morgan fingerprint density at radius 2 is 1.76 bits per heavy atom. The van der Waals surface area contributed by atoms with E-state index < -0.39 is 5.92 Å². The highest BCUT2D eigenvalue weighted by Crippen LogP contribution is 2.41. The van der Waals surface area contributed by atoms with Crippen LogP contribution in [0.5, 0.6) is 0 Å². The summed E-state index contributed by atoms with van der Waals surface area (Å²) in [5.74, 6) is -0.669. The van der Waals surface area contributed by atoms with Crippen molar-refractivity contribution < 1.29 is 14.0 Å². The van der Waals surface area contributed by atoms with E-state index in [0.29, 0.717) is 33.3 Å². The van der Waals surface area contributed by atoms with E-state index in [1.807, 2.05) is 63.2 Å². The third-order valence-electron chi connectivity index (χ3n) is 6.09. The fourth-order valence-corrected chi connectivity index (χ4v) is 5.21. The van der Waals surface area contributed by atoms with Crippen molar-refractivity contribution in [1.29, 1.82) is 5.26 Å². The number of thioether (sulfide) groups is 1. The van der Waals surface area contributed by atoms with Crippen molar-refractivity contribution in [1.82, 2.24) is 5.32 Å². The number of hydrogen-bond donors (Lipinski definition) is 3. The van der Waals surface area contributed by atoms with Crippen molar-refractivity contribution in [2.75, 3.05) is 16.4 Å². The van der Waals surface area contributed by atoms with E-state index in [1.165, 1.54) is 18.0 Å². The van der Waals surface area contributed by atoms with Gasteiger partial charge < -0.3 is 20.4 Å². The van der Waals surface area contributed by atoms with Gasteiger partial charge in [0, 0.05) is 17.1 Å². The largest absolute Gasteiger partial charge is 0.468 e. The topological polar surface area (TPSA) is 107 Å². The van der Waals surface area contributed by atoms with Crippen LogP contribution in [0.3, 0.4) is 0 Å². The van der Waals surface area contributed by atoms with Crippen LogP contribution in [0.25, 0.3) is 0 Å². The molecule has 0 spiro atoms. The van der Waals surface area contributed by atoms with Crippen molar-refractivity contribution in [3.8, 4) is 6.07 Å². The quantitative estimate of drug-likeness (QED) is 0.363. The molecule has 3 aromatic rings. The third kappa shape index (κ3) is 5.79. The van der Waals surface area contributed by atoms with Gasteiger partial charge in [-0.1, -0.05) is 42.1 Å². The van der Waals surface area contributed by atoms with Gasteiger partial charge in [-0.25, -0.2) is 0 Å². The Balaban J connectivity index is 1.61. The number of hydrogen-bond acceptors (Lipinski definition) is 6. The van der Waals surface area contributed by atoms with E-state index in [1.54, 1.807) is 19.1 Å². The van der Waals surface area contributed by atoms with E-state index >= 15 is 0 Å². The van der Waals surface area contributed by atoms with Crippen LogP contribution in [0.4, 0.5) is 11.4 Å². The normalized spacial score (nSPS) is 15.2. The van der Waals surface area contributed by atoms with Gasteiger partial charge >= 0.3 is 0 Å². The molecule has 2 aromatic carbocycles. The Bertz CT molecular complexity index is 1430. The fourth-order valence-electron chi connectivity index (χ4n) is 4.32. The minimum absolute atomic E-state index is 0.0868. The van der Waals surface area contributed by atoms with Crippen LogP contribution in [0.1, 0.15) is 35.3 Å². The number of nitrogens with zero attached hydrogens (tertiary/aromatic N) is 1. The lowest BCUT2D eigenvalue weighted by molar-refractivity contribution is -0.114. The molecule has 0 saturated heterocycles. The molecule has 37 heavy (non-hydrogen) atoms. The molecule has 0 radical (unpaired) electrons. The molecule has 2 amide bonds. The van der Waals surface area contributed by atoms with Crippen LogP contribution in [0, 0.1) is 32.1 Å². The number of para-hydroxylation sites is 1. The van der Waals surface area contributed by atoms with E-state index in [0.717, 1.165) is 22.4 Å². The predicted molar refractivity (Wildman–Crippen MR) is 147 cm³/mol. The number of rotatable bonds is 7. The van der Waals surface area contributed by atoms with Crippen LogP contribution in [0.15, 0.2) is 87.1 Å². The summed E-state index contributed by atoms with van der Waals surface area (Å²) in [5.41, 5.74) is 5.68. The molecule has 0 aliphatic carbocycles. The lowest BCUT2D eigenvalue weighted by Crippen LogP contribution is -2.31. The first-order chi connectivity index (χ1) is 17.8. The number of carbonyl (C=O) groups excluding carboxylic acids is 2. The number of carbonyl (C=O) groups is 2. The van der Waals surface area contributed by atoms with E-state index in [4.69, 9.17) is 4.42 Å². The average molecular weight is 513 g/mol. The molecule has 3 N–H and O–H groups in total. The van der Waals surface area contributed by atoms with E-state index in [2.05, 4.69) is 22.0 Å². The molecule has 188 valence electrons. The third-order valence-corrected chi connectivity index (χ3v) is 7.11. The molecular formula is C29H28N4O3S. The van der Waals surface area contributed by atoms with Crippen LogP contribution >= 0.6 is 11.8 Å². The Kier molecular flexibility index (Phi) is 7.85. The highest BCUT2D eigenvalue weighted by Gasteiger charge is 2.36. The lowest BCUT2D eigenvalue weighted by Gasteiger charge is -2.28. The number of furan rings is 1. The van der Waals surface area contributed by atoms with Crippen LogP contribution in [0.2, 0.25) is 0 Å². The Morgan fingerprint density at radius 3 is 2.41 bits per heavy atom. The first-order valence-corrected chi connectivity index (χ1v) is 12.8. The number of anilines is 2. The molecule has 0 fully saturated rings. The number of nitrogens with one attached hydrogen (secondary N) is 3. The number of nitriles is 1. The first kappa shape index (κ1) is 25.9. The SMILES string of the molecule is CC1=C(C(=O)Nc2c(C)cccc2C)[C@H](c2ccco2)C(C#N)=C(SCC(=O)Nc2cccc(C)c2)N1. The summed E-state index contributed by atoms with van der Waals surface area (Å²) in [5, 5.41) is 19.8. The van der Waals surface area contributed by atoms with E-state index in [9.17, 15) is 14.9 Å². The van der Waals surface area contributed by atoms with Gasteiger partial charge in [0.15, 0.2) is 0 Å². The second kappa shape index (κ2) is 11.2. The van der Waals surface area contributed by atoms with Gasteiger partial charge in [-0.05, 0) is 68.7 Å². The molecule has 0 bridgehead atoms. The summed E-state index contributed by atoms with van der Waals surface area (Å²) in [4.78, 5) is 26.2. The predicted octanol–water partition coefficient (Wildman–Crippen LogP) is 5.91. The fraction of sp³-hybridized carbons (Fsp3) is 0.207. The monoisotopic (exact) mass is 512 g/mol. The Morgan fingerprint density at radius 1 is 1.03 bits per heavy atom. The summed E-state index contributed by atoms with van der Waals surface area (Å²) in [6.07, 6.45) is 1.52. The van der Waals surface area contributed by atoms with E-state index in [-0.39, 0.29) is 17.6 Å². The summed E-state index contributed by atoms with van der Waals surface area (Å²) in [6, 6.07) is 19.1. The van der Waals surface area contributed by atoms with Crippen molar-refractivity contribution in [3.05, 3.63) is 105 Å². The lowest BCUT2D eigenvalue weighted by atomic mass is 9.85. The second-order valence-corrected chi connectivity index (χ2v) is 9.88. The molecule has 0 unspecified atom stereocenters. The van der Waals surface area contributed by atoms with Crippen molar-refractivity contribution in [2.45, 2.75) is 33.6 Å². The summed E-state index contributed by atoms with van der Waals surface area (Å²) in [7, 11) is 0. The number of allylic oxidation sites excluding steroid dienone is 2. The summed E-state index contributed by atoms with van der Waals surface area (Å²) < 4.78 is 5.68. The van der Waals surface area contributed by atoms with Crippen LogP contribution in [-0.4, -0.2) is 17.6 Å². The van der Waals surface area contributed by atoms with Crippen molar-refractivity contribution >= 4 is 35.0 Å². The van der Waals surface area contributed by atoms with Gasteiger partial charge in [-0.15, -0.1) is 0 Å². The number of amides is 2. The van der Waals surface area contributed by atoms with Gasteiger partial charge in [-0.2, -0.15) is 5.26 Å². The minimum atomic E-state index is -0.715. The van der Waals surface area contributed by atoms with Gasteiger partial charge in [0.2, 0.25) is 5.91 Å². The second-order valence-electron chi connectivity index (χ2n) is 8.89. The van der Waals surface area contributed by atoms with Gasteiger partial charge in [0.05, 0.1) is 40.2 Å². The molecule has 0 saturated carbocycles. The standard InChI is InChI=1S/C29H28N4O3S/c1-17-8-5-11-21(14-17)32-24(34)16-37-29-22(15-30)26(23-12-7-13-36-23)25(20(4)31-29)28(35)33-27-18(2)9-6-10-19(27)3/h5-14,26,31H,16H2,1-4H3,(H,32,34)(H,33,35)/t26-/m0/s1. The maximum absolute atomic E-state index is 13.6. The smallest absolute Gasteiger partial charge is 0.254 e. The maximum Gasteiger partial charge on any atom is 0.254 e. The molecule has 1 aliphatic rings. The minimum Gasteiger partial charge on any atom is -0.468 e. The summed E-state index contributed by atoms with van der Waals surface area (Å²) in [6.45, 7) is 7.61. The average Bonchev–Trinajstić information content (AvgIpc) is 3.39. The molecule has 1 aromatic heterocycles. The number of dihydropyridines is 1. The zero-order valence-electron chi connectivity index (χ0n) is 21.1. The molecule has 7 nitrogen and oxygen atoms in total. The van der Waals surface area contributed by atoms with Crippen LogP contribution < -0.4 is 16.0 Å². The van der Waals surface area contributed by atoms with Crippen LogP contribution in [-0.2, 0) is 9.59 Å². The zero-order valence-corrected chi connectivity index (χ0v) is 22.0. The zero-order chi connectivity index (χ0) is 26.5. The molecule has 8 heteroatoms. The van der Waals surface area contributed by atoms with Crippen molar-refractivity contribution in [3.63, 3.8) is 0 Å². The van der Waals surface area contributed by atoms with Gasteiger partial charge in [0.25, 0.3) is 5.91 Å². The Labute approximate surface area is 220 Å². The highest BCUT2D eigenvalue weighted by atomic mass is 32.2. The number of aryl methyl sites for hydroxylation is 3.